The number of carbonyl (C=O) groups excluding carboxylic acids is 1. The molecule has 8 heteroatoms. The lowest BCUT2D eigenvalue weighted by molar-refractivity contribution is 0.0634. The fraction of sp³-hybridized carbons (Fsp3) is 0.583. The van der Waals surface area contributed by atoms with Crippen LogP contribution in [0.2, 0.25) is 0 Å². The van der Waals surface area contributed by atoms with E-state index in [1.54, 1.807) is 20.8 Å². The Kier molecular flexibility index (Phi) is 4.72. The Balaban J connectivity index is 3.08. The van der Waals surface area contributed by atoms with Gasteiger partial charge in [0.25, 0.3) is 0 Å². The normalized spacial score (nSPS) is 11.2. The minimum absolute atomic E-state index is 0.00157. The molecule has 0 saturated carbocycles. The van der Waals surface area contributed by atoms with Gasteiger partial charge in [0.2, 0.25) is 0 Å². The highest BCUT2D eigenvalue weighted by Crippen LogP contribution is 2.21. The molecule has 1 rings (SSSR count). The van der Waals surface area contributed by atoms with Gasteiger partial charge in [-0.3, -0.25) is 5.32 Å². The number of aryl methyl sites for hydroxylation is 1. The van der Waals surface area contributed by atoms with Gasteiger partial charge in [0.05, 0.1) is 18.8 Å². The van der Waals surface area contributed by atoms with Crippen molar-refractivity contribution in [3.8, 4) is 0 Å². The summed E-state index contributed by atoms with van der Waals surface area (Å²) >= 11 is 0. The molecule has 0 aliphatic heterocycles. The fourth-order valence-electron chi connectivity index (χ4n) is 1.62. The van der Waals surface area contributed by atoms with Gasteiger partial charge in [-0.2, -0.15) is 5.10 Å². The van der Waals surface area contributed by atoms with Gasteiger partial charge < -0.3 is 14.9 Å². The molecule has 1 heterocycles. The molecular formula is C12H19N3O5. The zero-order chi connectivity index (χ0) is 15.5. The van der Waals surface area contributed by atoms with E-state index in [-0.39, 0.29) is 30.2 Å². The smallest absolute Gasteiger partial charge is 0.413 e. The van der Waals surface area contributed by atoms with Crippen molar-refractivity contribution < 1.29 is 24.5 Å². The van der Waals surface area contributed by atoms with Crippen LogP contribution in [-0.2, 0) is 11.3 Å². The number of carboxylic acid groups (broad SMARTS) is 1. The van der Waals surface area contributed by atoms with Crippen LogP contribution in [0.1, 0.15) is 36.8 Å². The molecule has 1 amide bonds. The fourth-order valence-corrected chi connectivity index (χ4v) is 1.62. The average molecular weight is 285 g/mol. The van der Waals surface area contributed by atoms with Crippen molar-refractivity contribution in [1.29, 1.82) is 0 Å². The van der Waals surface area contributed by atoms with Crippen LogP contribution in [0.3, 0.4) is 0 Å². The molecule has 20 heavy (non-hydrogen) atoms. The van der Waals surface area contributed by atoms with Crippen LogP contribution >= 0.6 is 0 Å². The third-order valence-electron chi connectivity index (χ3n) is 2.27. The molecule has 0 aliphatic carbocycles. The molecule has 112 valence electrons. The van der Waals surface area contributed by atoms with Crippen LogP contribution in [0.15, 0.2) is 0 Å². The number of amides is 1. The number of hydrogen-bond acceptors (Lipinski definition) is 5. The SMILES string of the molecule is Cc1nn(CCO)c(NC(=O)OC(C)(C)C)c1C(=O)O. The highest BCUT2D eigenvalue weighted by atomic mass is 16.6. The summed E-state index contributed by atoms with van der Waals surface area (Å²) in [7, 11) is 0. The Morgan fingerprint density at radius 2 is 2.00 bits per heavy atom. The van der Waals surface area contributed by atoms with E-state index in [1.807, 2.05) is 0 Å². The van der Waals surface area contributed by atoms with Crippen molar-refractivity contribution in [1.82, 2.24) is 9.78 Å². The van der Waals surface area contributed by atoms with E-state index < -0.39 is 17.7 Å². The number of aliphatic hydroxyl groups excluding tert-OH is 1. The standard InChI is InChI=1S/C12H19N3O5/c1-7-8(10(17)18)9(15(14-7)5-6-16)13-11(19)20-12(2,3)4/h16H,5-6H2,1-4H3,(H,13,19)(H,17,18). The lowest BCUT2D eigenvalue weighted by Crippen LogP contribution is -2.28. The molecule has 0 unspecified atom stereocenters. The maximum absolute atomic E-state index is 11.7. The molecule has 8 nitrogen and oxygen atoms in total. The highest BCUT2D eigenvalue weighted by molar-refractivity contribution is 5.98. The zero-order valence-electron chi connectivity index (χ0n) is 11.9. The first-order valence-corrected chi connectivity index (χ1v) is 6.07. The predicted octanol–water partition coefficient (Wildman–Crippen LogP) is 1.23. The van der Waals surface area contributed by atoms with E-state index in [0.29, 0.717) is 0 Å². The first-order valence-electron chi connectivity index (χ1n) is 6.07. The first-order chi connectivity index (χ1) is 9.15. The van der Waals surface area contributed by atoms with Gasteiger partial charge in [0, 0.05) is 0 Å². The largest absolute Gasteiger partial charge is 0.477 e. The molecule has 0 radical (unpaired) electrons. The predicted molar refractivity (Wildman–Crippen MR) is 70.9 cm³/mol. The second-order valence-corrected chi connectivity index (χ2v) is 5.19. The van der Waals surface area contributed by atoms with Gasteiger partial charge in [-0.1, -0.05) is 0 Å². The molecule has 0 aliphatic rings. The van der Waals surface area contributed by atoms with Crippen LogP contribution in [0.25, 0.3) is 0 Å². The van der Waals surface area contributed by atoms with Crippen LogP contribution in [-0.4, -0.2) is 44.3 Å². The monoisotopic (exact) mass is 285 g/mol. The van der Waals surface area contributed by atoms with Crippen LogP contribution in [0.5, 0.6) is 0 Å². The Labute approximate surface area is 116 Å². The number of aromatic nitrogens is 2. The molecule has 0 saturated heterocycles. The number of aliphatic hydroxyl groups is 1. The number of carbonyl (C=O) groups is 2. The Morgan fingerprint density at radius 1 is 1.40 bits per heavy atom. The quantitative estimate of drug-likeness (QED) is 0.766. The summed E-state index contributed by atoms with van der Waals surface area (Å²) in [5.41, 5.74) is -0.578. The lowest BCUT2D eigenvalue weighted by atomic mass is 10.2. The topological polar surface area (TPSA) is 114 Å². The summed E-state index contributed by atoms with van der Waals surface area (Å²) < 4.78 is 6.30. The molecular weight excluding hydrogens is 266 g/mol. The second kappa shape index (κ2) is 5.91. The van der Waals surface area contributed by atoms with E-state index in [1.165, 1.54) is 11.6 Å². The maximum Gasteiger partial charge on any atom is 0.413 e. The number of aromatic carboxylic acids is 1. The second-order valence-electron chi connectivity index (χ2n) is 5.19. The van der Waals surface area contributed by atoms with Crippen molar-refractivity contribution in [3.63, 3.8) is 0 Å². The summed E-state index contributed by atoms with van der Waals surface area (Å²) in [5.74, 6) is -1.21. The number of carboxylic acids is 1. The number of anilines is 1. The van der Waals surface area contributed by atoms with Gasteiger partial charge in [0.15, 0.2) is 0 Å². The number of nitrogens with zero attached hydrogens (tertiary/aromatic N) is 2. The number of ether oxygens (including phenoxy) is 1. The Hall–Kier alpha value is -2.09. The van der Waals surface area contributed by atoms with Crippen LogP contribution < -0.4 is 5.32 Å². The van der Waals surface area contributed by atoms with Gasteiger partial charge in [-0.25, -0.2) is 14.3 Å². The summed E-state index contributed by atoms with van der Waals surface area (Å²) in [4.78, 5) is 23.0. The average Bonchev–Trinajstić information content (AvgIpc) is 2.52. The highest BCUT2D eigenvalue weighted by Gasteiger charge is 2.24. The number of nitrogens with one attached hydrogen (secondary N) is 1. The minimum atomic E-state index is -1.21. The molecule has 1 aromatic heterocycles. The number of rotatable bonds is 4. The van der Waals surface area contributed by atoms with Crippen molar-refractivity contribution in [3.05, 3.63) is 11.3 Å². The molecule has 0 fully saturated rings. The van der Waals surface area contributed by atoms with Crippen molar-refractivity contribution in [2.24, 2.45) is 0 Å². The molecule has 1 aromatic rings. The van der Waals surface area contributed by atoms with Crippen LogP contribution in [0, 0.1) is 6.92 Å². The number of hydrogen-bond donors (Lipinski definition) is 3. The van der Waals surface area contributed by atoms with E-state index in [4.69, 9.17) is 14.9 Å². The van der Waals surface area contributed by atoms with Crippen molar-refractivity contribution in [2.45, 2.75) is 39.8 Å². The molecule has 0 bridgehead atoms. The summed E-state index contributed by atoms with van der Waals surface area (Å²) in [6, 6.07) is 0. The summed E-state index contributed by atoms with van der Waals surface area (Å²) in [6.45, 7) is 6.43. The Bertz CT molecular complexity index is 516. The zero-order valence-corrected chi connectivity index (χ0v) is 11.9. The van der Waals surface area contributed by atoms with Crippen molar-refractivity contribution >= 4 is 17.9 Å². The lowest BCUT2D eigenvalue weighted by Gasteiger charge is -2.20. The van der Waals surface area contributed by atoms with Gasteiger partial charge in [-0.15, -0.1) is 0 Å². The van der Waals surface area contributed by atoms with E-state index >= 15 is 0 Å². The molecule has 0 spiro atoms. The molecule has 0 aromatic carbocycles. The third kappa shape index (κ3) is 3.95. The maximum atomic E-state index is 11.7. The van der Waals surface area contributed by atoms with Gasteiger partial charge >= 0.3 is 12.1 Å². The summed E-state index contributed by atoms with van der Waals surface area (Å²) in [6.07, 6.45) is -0.779. The third-order valence-corrected chi connectivity index (χ3v) is 2.27. The Morgan fingerprint density at radius 3 is 2.45 bits per heavy atom. The van der Waals surface area contributed by atoms with Crippen molar-refractivity contribution in [2.75, 3.05) is 11.9 Å². The summed E-state index contributed by atoms with van der Waals surface area (Å²) in [5, 5.41) is 24.5. The van der Waals surface area contributed by atoms with E-state index in [9.17, 15) is 9.59 Å². The first kappa shape index (κ1) is 16.0. The van der Waals surface area contributed by atoms with Gasteiger partial charge in [-0.05, 0) is 27.7 Å². The van der Waals surface area contributed by atoms with Crippen LogP contribution in [0.4, 0.5) is 10.6 Å². The van der Waals surface area contributed by atoms with E-state index in [2.05, 4.69) is 10.4 Å². The molecule has 3 N–H and O–H groups in total. The van der Waals surface area contributed by atoms with E-state index in [0.717, 1.165) is 0 Å². The van der Waals surface area contributed by atoms with Gasteiger partial charge in [0.1, 0.15) is 17.0 Å². The molecule has 0 atom stereocenters. The minimum Gasteiger partial charge on any atom is -0.477 e.